The molecular weight excluding hydrogens is 392 g/mol. The Hall–Kier alpha value is -3.51. The van der Waals surface area contributed by atoms with Crippen molar-refractivity contribution in [3.05, 3.63) is 82.8 Å². The van der Waals surface area contributed by atoms with Gasteiger partial charge in [-0.25, -0.2) is 0 Å². The van der Waals surface area contributed by atoms with E-state index >= 15 is 0 Å². The van der Waals surface area contributed by atoms with Crippen molar-refractivity contribution >= 4 is 29.1 Å². The van der Waals surface area contributed by atoms with Crippen LogP contribution >= 0.6 is 0 Å². The van der Waals surface area contributed by atoms with E-state index in [-0.39, 0.29) is 6.02 Å². The first-order chi connectivity index (χ1) is 15.2. The monoisotopic (exact) mass is 416 g/mol. The maximum Gasteiger partial charge on any atom is 0.334 e. The van der Waals surface area contributed by atoms with Crippen LogP contribution in [0.3, 0.4) is 0 Å². The molecule has 0 saturated carbocycles. The quantitative estimate of drug-likeness (QED) is 0.600. The zero-order valence-electron chi connectivity index (χ0n) is 17.3. The first kappa shape index (κ1) is 19.5. The summed E-state index contributed by atoms with van der Waals surface area (Å²) in [7, 11) is 0. The SMILES string of the molecule is CCN1C(=NOCc2ccccc2)O/C(=C/c2ccc3oc4c(c3c2)C=CCC4)C1O. The number of hydrogen-bond acceptors (Lipinski definition) is 5. The Morgan fingerprint density at radius 2 is 2.10 bits per heavy atom. The normalized spacial score (nSPS) is 20.5. The van der Waals surface area contributed by atoms with Crippen LogP contribution in [-0.2, 0) is 22.6 Å². The minimum atomic E-state index is -0.919. The van der Waals surface area contributed by atoms with Crippen molar-refractivity contribution in [1.82, 2.24) is 4.90 Å². The molecule has 1 aromatic heterocycles. The van der Waals surface area contributed by atoms with Gasteiger partial charge in [-0.1, -0.05) is 48.6 Å². The number of amidine groups is 1. The van der Waals surface area contributed by atoms with Crippen LogP contribution in [0.2, 0.25) is 0 Å². The topological polar surface area (TPSA) is 67.4 Å². The zero-order valence-corrected chi connectivity index (χ0v) is 17.3. The van der Waals surface area contributed by atoms with Gasteiger partial charge in [0.2, 0.25) is 0 Å². The Labute approximate surface area is 180 Å². The number of furan rings is 1. The smallest absolute Gasteiger partial charge is 0.334 e. The third-order valence-electron chi connectivity index (χ3n) is 5.52. The van der Waals surface area contributed by atoms with Crippen LogP contribution in [0.5, 0.6) is 0 Å². The van der Waals surface area contributed by atoms with Gasteiger partial charge in [0.15, 0.2) is 12.0 Å². The number of likely N-dealkylation sites (N-methyl/N-ethyl adjacent to an activating group) is 1. The number of nitrogens with zero attached hydrogens (tertiary/aromatic N) is 2. The molecule has 1 aliphatic carbocycles. The van der Waals surface area contributed by atoms with Crippen LogP contribution in [-0.4, -0.2) is 28.8 Å². The van der Waals surface area contributed by atoms with Gasteiger partial charge < -0.3 is 19.1 Å². The number of aliphatic hydroxyl groups is 1. The van der Waals surface area contributed by atoms with Gasteiger partial charge >= 0.3 is 6.02 Å². The second-order valence-corrected chi connectivity index (χ2v) is 7.58. The average Bonchev–Trinajstić information content (AvgIpc) is 3.31. The predicted molar refractivity (Wildman–Crippen MR) is 120 cm³/mol. The molecule has 2 aromatic carbocycles. The zero-order chi connectivity index (χ0) is 21.2. The highest BCUT2D eigenvalue weighted by atomic mass is 16.7. The summed E-state index contributed by atoms with van der Waals surface area (Å²) in [4.78, 5) is 7.11. The van der Waals surface area contributed by atoms with Gasteiger partial charge in [-0.2, -0.15) is 0 Å². The van der Waals surface area contributed by atoms with Crippen molar-refractivity contribution in [3.63, 3.8) is 0 Å². The highest BCUT2D eigenvalue weighted by Crippen LogP contribution is 2.32. The van der Waals surface area contributed by atoms with Gasteiger partial charge in [0.1, 0.15) is 18.0 Å². The molecule has 6 nitrogen and oxygen atoms in total. The summed E-state index contributed by atoms with van der Waals surface area (Å²) >= 11 is 0. The van der Waals surface area contributed by atoms with E-state index in [1.807, 2.05) is 55.5 Å². The summed E-state index contributed by atoms with van der Waals surface area (Å²) in [6.07, 6.45) is 7.13. The number of aliphatic hydroxyl groups excluding tert-OH is 1. The van der Waals surface area contributed by atoms with Crippen molar-refractivity contribution in [1.29, 1.82) is 0 Å². The van der Waals surface area contributed by atoms with E-state index < -0.39 is 6.23 Å². The van der Waals surface area contributed by atoms with Crippen LogP contribution < -0.4 is 0 Å². The lowest BCUT2D eigenvalue weighted by Crippen LogP contribution is -2.33. The summed E-state index contributed by atoms with van der Waals surface area (Å²) in [6.45, 7) is 2.79. The van der Waals surface area contributed by atoms with Gasteiger partial charge in [-0.15, -0.1) is 0 Å². The van der Waals surface area contributed by atoms with Crippen molar-refractivity contribution in [2.75, 3.05) is 6.54 Å². The van der Waals surface area contributed by atoms with Crippen molar-refractivity contribution in [2.45, 2.75) is 32.6 Å². The molecule has 0 radical (unpaired) electrons. The van der Waals surface area contributed by atoms with Gasteiger partial charge in [0.25, 0.3) is 0 Å². The van der Waals surface area contributed by atoms with Gasteiger partial charge in [0.05, 0.1) is 0 Å². The van der Waals surface area contributed by atoms with Crippen molar-refractivity contribution in [3.8, 4) is 0 Å². The summed E-state index contributed by atoms with van der Waals surface area (Å²) in [5.74, 6) is 1.44. The number of hydrogen-bond donors (Lipinski definition) is 1. The van der Waals surface area contributed by atoms with Crippen molar-refractivity contribution < 1.29 is 19.1 Å². The van der Waals surface area contributed by atoms with E-state index in [1.54, 1.807) is 4.90 Å². The fraction of sp³-hybridized carbons (Fsp3) is 0.240. The maximum atomic E-state index is 10.7. The molecule has 1 saturated heterocycles. The number of ether oxygens (including phenoxy) is 1. The van der Waals surface area contributed by atoms with Crippen LogP contribution in [0.1, 0.15) is 35.8 Å². The van der Waals surface area contributed by atoms with E-state index in [2.05, 4.69) is 23.4 Å². The Balaban J connectivity index is 1.38. The number of rotatable bonds is 5. The van der Waals surface area contributed by atoms with Crippen LogP contribution in [0.25, 0.3) is 23.1 Å². The molecule has 0 amide bonds. The molecule has 2 heterocycles. The second kappa shape index (κ2) is 8.32. The average molecular weight is 416 g/mol. The van der Waals surface area contributed by atoms with E-state index in [1.165, 1.54) is 0 Å². The fourth-order valence-electron chi connectivity index (χ4n) is 3.92. The largest absolute Gasteiger partial charge is 0.460 e. The standard InChI is InChI=1S/C25H24N2O4/c1-2-27-24(28)23(31-25(27)26-29-16-17-8-4-3-5-9-17)15-18-12-13-22-20(14-18)19-10-6-7-11-21(19)30-22/h3-6,8-10,12-15,24,28H,2,7,11,16H2,1H3/b23-15+,26-25?. The fourth-order valence-corrected chi connectivity index (χ4v) is 3.92. The predicted octanol–water partition coefficient (Wildman–Crippen LogP) is 4.89. The van der Waals surface area contributed by atoms with Crippen molar-refractivity contribution in [2.24, 2.45) is 5.16 Å². The molecule has 1 aliphatic heterocycles. The van der Waals surface area contributed by atoms with Gasteiger partial charge in [-0.3, -0.25) is 4.90 Å². The van der Waals surface area contributed by atoms with E-state index in [0.717, 1.165) is 46.3 Å². The number of aryl methyl sites for hydroxylation is 1. The van der Waals surface area contributed by atoms with Crippen LogP contribution in [0, 0.1) is 0 Å². The lowest BCUT2D eigenvalue weighted by molar-refractivity contribution is 0.0902. The Kier molecular flexibility index (Phi) is 5.22. The molecule has 1 fully saturated rings. The summed E-state index contributed by atoms with van der Waals surface area (Å²) in [5, 5.41) is 15.9. The Morgan fingerprint density at radius 1 is 1.23 bits per heavy atom. The number of benzene rings is 2. The minimum absolute atomic E-state index is 0.252. The number of fused-ring (bicyclic) bond motifs is 3. The summed E-state index contributed by atoms with van der Waals surface area (Å²) in [6, 6.07) is 16.0. The third kappa shape index (κ3) is 3.82. The molecule has 31 heavy (non-hydrogen) atoms. The van der Waals surface area contributed by atoms with Crippen LogP contribution in [0.15, 0.2) is 69.9 Å². The lowest BCUT2D eigenvalue weighted by Gasteiger charge is -2.15. The third-order valence-corrected chi connectivity index (χ3v) is 5.52. The molecular formula is C25H24N2O4. The molecule has 0 bridgehead atoms. The van der Waals surface area contributed by atoms with E-state index in [9.17, 15) is 5.11 Å². The number of allylic oxidation sites excluding steroid dienone is 1. The van der Waals surface area contributed by atoms with E-state index in [0.29, 0.717) is 18.9 Å². The maximum absolute atomic E-state index is 10.7. The molecule has 3 aromatic rings. The first-order valence-electron chi connectivity index (χ1n) is 10.5. The molecule has 5 rings (SSSR count). The molecule has 2 aliphatic rings. The lowest BCUT2D eigenvalue weighted by atomic mass is 10.0. The highest BCUT2D eigenvalue weighted by molar-refractivity contribution is 5.91. The highest BCUT2D eigenvalue weighted by Gasteiger charge is 2.34. The molecule has 158 valence electrons. The second-order valence-electron chi connectivity index (χ2n) is 7.58. The molecule has 6 heteroatoms. The molecule has 0 spiro atoms. The number of oxime groups is 1. The Morgan fingerprint density at radius 3 is 2.94 bits per heavy atom. The molecule has 1 atom stereocenters. The van der Waals surface area contributed by atoms with Crippen LogP contribution in [0.4, 0.5) is 0 Å². The summed E-state index contributed by atoms with van der Waals surface area (Å²) in [5.41, 5.74) is 3.95. The summed E-state index contributed by atoms with van der Waals surface area (Å²) < 4.78 is 11.8. The Bertz CT molecular complexity index is 1180. The minimum Gasteiger partial charge on any atom is -0.460 e. The van der Waals surface area contributed by atoms with E-state index in [4.69, 9.17) is 14.0 Å². The molecule has 1 N–H and O–H groups in total. The molecule has 1 unspecified atom stereocenters. The first-order valence-corrected chi connectivity index (χ1v) is 10.5. The van der Waals surface area contributed by atoms with Gasteiger partial charge in [0, 0.05) is 23.9 Å². The van der Waals surface area contributed by atoms with Gasteiger partial charge in [-0.05, 0) is 47.8 Å².